The molecule has 8 heteroatoms. The van der Waals surface area contributed by atoms with Crippen molar-refractivity contribution in [3.05, 3.63) is 28.8 Å². The second-order valence-corrected chi connectivity index (χ2v) is 7.22. The highest BCUT2D eigenvalue weighted by atomic mass is 35.5. The molecule has 0 radical (unpaired) electrons. The standard InChI is InChI=1S/C16H21ClF3N3O/c1-15(2,3)21-14(24)23-8-6-22(7-9-23)11-4-5-13(17)12(10-11)16(18,19)20/h4-5,10H,6-9H2,1-3H3,(H,21,24). The fourth-order valence-corrected chi connectivity index (χ4v) is 2.72. The molecular formula is C16H21ClF3N3O. The lowest BCUT2D eigenvalue weighted by Crippen LogP contribution is -2.55. The van der Waals surface area contributed by atoms with Crippen LogP contribution in [0, 0.1) is 0 Å². The van der Waals surface area contributed by atoms with Gasteiger partial charge in [-0.05, 0) is 39.0 Å². The number of alkyl halides is 3. The first kappa shape index (κ1) is 18.7. The van der Waals surface area contributed by atoms with Gasteiger partial charge in [0.1, 0.15) is 0 Å². The number of hydrogen-bond acceptors (Lipinski definition) is 2. The Kier molecular flexibility index (Phi) is 5.22. The van der Waals surface area contributed by atoms with E-state index in [1.165, 1.54) is 6.07 Å². The van der Waals surface area contributed by atoms with Gasteiger partial charge in [0.15, 0.2) is 0 Å². The molecule has 1 fully saturated rings. The van der Waals surface area contributed by atoms with Crippen LogP contribution in [0.4, 0.5) is 23.7 Å². The van der Waals surface area contributed by atoms with Gasteiger partial charge in [-0.25, -0.2) is 4.79 Å². The van der Waals surface area contributed by atoms with Crippen LogP contribution in [-0.2, 0) is 6.18 Å². The summed E-state index contributed by atoms with van der Waals surface area (Å²) in [5.41, 5.74) is -0.705. The Balaban J connectivity index is 2.04. The summed E-state index contributed by atoms with van der Waals surface area (Å²) < 4.78 is 38.9. The number of urea groups is 1. The summed E-state index contributed by atoms with van der Waals surface area (Å²) in [4.78, 5) is 15.6. The Morgan fingerprint density at radius 2 is 1.71 bits per heavy atom. The summed E-state index contributed by atoms with van der Waals surface area (Å²) in [6.45, 7) is 7.53. The topological polar surface area (TPSA) is 35.6 Å². The molecule has 1 heterocycles. The van der Waals surface area contributed by atoms with Crippen LogP contribution in [0.25, 0.3) is 0 Å². The highest BCUT2D eigenvalue weighted by molar-refractivity contribution is 6.31. The van der Waals surface area contributed by atoms with Crippen molar-refractivity contribution in [3.8, 4) is 0 Å². The largest absolute Gasteiger partial charge is 0.417 e. The van der Waals surface area contributed by atoms with Crippen molar-refractivity contribution in [2.45, 2.75) is 32.5 Å². The van der Waals surface area contributed by atoms with Crippen LogP contribution in [0.1, 0.15) is 26.3 Å². The van der Waals surface area contributed by atoms with E-state index in [0.29, 0.717) is 31.9 Å². The first-order valence-corrected chi connectivity index (χ1v) is 8.04. The highest BCUT2D eigenvalue weighted by Crippen LogP contribution is 2.37. The van der Waals surface area contributed by atoms with Crippen LogP contribution in [-0.4, -0.2) is 42.6 Å². The van der Waals surface area contributed by atoms with Gasteiger partial charge in [-0.2, -0.15) is 13.2 Å². The predicted molar refractivity (Wildman–Crippen MR) is 88.5 cm³/mol. The summed E-state index contributed by atoms with van der Waals surface area (Å²) >= 11 is 5.65. The molecule has 1 N–H and O–H groups in total. The van der Waals surface area contributed by atoms with Crippen LogP contribution >= 0.6 is 11.6 Å². The van der Waals surface area contributed by atoms with Crippen LogP contribution < -0.4 is 10.2 Å². The summed E-state index contributed by atoms with van der Waals surface area (Å²) in [7, 11) is 0. The van der Waals surface area contributed by atoms with E-state index in [1.54, 1.807) is 11.0 Å². The summed E-state index contributed by atoms with van der Waals surface area (Å²) in [6, 6.07) is 3.74. The number of halogens is 4. The number of carbonyl (C=O) groups is 1. The third kappa shape index (κ3) is 4.69. The van der Waals surface area contributed by atoms with Crippen molar-refractivity contribution in [1.82, 2.24) is 10.2 Å². The van der Waals surface area contributed by atoms with Gasteiger partial charge >= 0.3 is 12.2 Å². The number of piperazine rings is 1. The van der Waals surface area contributed by atoms with E-state index in [9.17, 15) is 18.0 Å². The number of benzene rings is 1. The minimum absolute atomic E-state index is 0.158. The number of amides is 2. The molecular weight excluding hydrogens is 343 g/mol. The second-order valence-electron chi connectivity index (χ2n) is 6.82. The molecule has 1 aliphatic heterocycles. The molecule has 2 rings (SSSR count). The van der Waals surface area contributed by atoms with Crippen LogP contribution in [0.2, 0.25) is 5.02 Å². The van der Waals surface area contributed by atoms with Gasteiger partial charge in [0.25, 0.3) is 0 Å². The van der Waals surface area contributed by atoms with Crippen LogP contribution in [0.3, 0.4) is 0 Å². The molecule has 0 spiro atoms. The molecule has 0 unspecified atom stereocenters. The van der Waals surface area contributed by atoms with Crippen molar-refractivity contribution in [3.63, 3.8) is 0 Å². The molecule has 1 aromatic carbocycles. The molecule has 2 amide bonds. The third-order valence-electron chi connectivity index (χ3n) is 3.67. The molecule has 0 aromatic heterocycles. The van der Waals surface area contributed by atoms with Crippen molar-refractivity contribution in [1.29, 1.82) is 0 Å². The second kappa shape index (κ2) is 6.70. The Hall–Kier alpha value is -1.63. The smallest absolute Gasteiger partial charge is 0.368 e. The average Bonchev–Trinajstić information content (AvgIpc) is 2.45. The highest BCUT2D eigenvalue weighted by Gasteiger charge is 2.34. The van der Waals surface area contributed by atoms with E-state index >= 15 is 0 Å². The fourth-order valence-electron chi connectivity index (χ4n) is 2.49. The first-order chi connectivity index (χ1) is 11.0. The zero-order valence-electron chi connectivity index (χ0n) is 13.9. The molecule has 0 aliphatic carbocycles. The Morgan fingerprint density at radius 1 is 1.12 bits per heavy atom. The third-order valence-corrected chi connectivity index (χ3v) is 4.00. The lowest BCUT2D eigenvalue weighted by atomic mass is 10.1. The lowest BCUT2D eigenvalue weighted by Gasteiger charge is -2.37. The molecule has 0 atom stereocenters. The Morgan fingerprint density at radius 3 is 2.21 bits per heavy atom. The Labute approximate surface area is 144 Å². The van der Waals surface area contributed by atoms with Gasteiger partial charge in [-0.3, -0.25) is 0 Å². The van der Waals surface area contributed by atoms with Gasteiger partial charge in [-0.1, -0.05) is 11.6 Å². The molecule has 24 heavy (non-hydrogen) atoms. The maximum atomic E-state index is 13.0. The quantitative estimate of drug-likeness (QED) is 0.819. The maximum absolute atomic E-state index is 13.0. The molecule has 1 saturated heterocycles. The van der Waals surface area contributed by atoms with Gasteiger partial charge in [0, 0.05) is 37.4 Å². The van der Waals surface area contributed by atoms with Gasteiger partial charge in [-0.15, -0.1) is 0 Å². The summed E-state index contributed by atoms with van der Waals surface area (Å²) in [5, 5.41) is 2.57. The summed E-state index contributed by atoms with van der Waals surface area (Å²) in [5.74, 6) is 0. The zero-order chi connectivity index (χ0) is 18.1. The molecule has 1 aromatic rings. The molecule has 134 valence electrons. The van der Waals surface area contributed by atoms with E-state index in [-0.39, 0.29) is 16.6 Å². The van der Waals surface area contributed by atoms with Gasteiger partial charge in [0.05, 0.1) is 10.6 Å². The minimum atomic E-state index is -4.48. The van der Waals surface area contributed by atoms with Crippen molar-refractivity contribution >= 4 is 23.3 Å². The normalized spacial score (nSPS) is 16.3. The van der Waals surface area contributed by atoms with Crippen LogP contribution in [0.5, 0.6) is 0 Å². The van der Waals surface area contributed by atoms with Crippen molar-refractivity contribution in [2.75, 3.05) is 31.1 Å². The number of hydrogen-bond donors (Lipinski definition) is 1. The van der Waals surface area contributed by atoms with Crippen molar-refractivity contribution < 1.29 is 18.0 Å². The Bertz CT molecular complexity index is 606. The molecule has 0 bridgehead atoms. The maximum Gasteiger partial charge on any atom is 0.417 e. The SMILES string of the molecule is CC(C)(C)NC(=O)N1CCN(c2ccc(Cl)c(C(F)(F)F)c2)CC1. The summed E-state index contributed by atoms with van der Waals surface area (Å²) in [6.07, 6.45) is -4.48. The van der Waals surface area contributed by atoms with E-state index in [1.807, 2.05) is 25.7 Å². The molecule has 0 saturated carbocycles. The van der Waals surface area contributed by atoms with E-state index in [2.05, 4.69) is 5.32 Å². The minimum Gasteiger partial charge on any atom is -0.368 e. The molecule has 1 aliphatic rings. The average molecular weight is 364 g/mol. The number of rotatable bonds is 1. The predicted octanol–water partition coefficient (Wildman–Crippen LogP) is 3.99. The lowest BCUT2D eigenvalue weighted by molar-refractivity contribution is -0.137. The van der Waals surface area contributed by atoms with Gasteiger partial charge in [0.2, 0.25) is 0 Å². The number of anilines is 1. The number of carbonyl (C=O) groups excluding carboxylic acids is 1. The first-order valence-electron chi connectivity index (χ1n) is 7.66. The molecule has 4 nitrogen and oxygen atoms in total. The van der Waals surface area contributed by atoms with Crippen LogP contribution in [0.15, 0.2) is 18.2 Å². The van der Waals surface area contributed by atoms with E-state index < -0.39 is 11.7 Å². The number of nitrogens with zero attached hydrogens (tertiary/aromatic N) is 2. The van der Waals surface area contributed by atoms with Gasteiger partial charge < -0.3 is 15.1 Å². The van der Waals surface area contributed by atoms with Crippen molar-refractivity contribution in [2.24, 2.45) is 0 Å². The fraction of sp³-hybridized carbons (Fsp3) is 0.562. The van der Waals surface area contributed by atoms with E-state index in [0.717, 1.165) is 6.07 Å². The monoisotopic (exact) mass is 363 g/mol. The van der Waals surface area contributed by atoms with E-state index in [4.69, 9.17) is 11.6 Å². The zero-order valence-corrected chi connectivity index (χ0v) is 14.6. The number of nitrogens with one attached hydrogen (secondary N) is 1.